The molecule has 0 aliphatic heterocycles. The van der Waals surface area contributed by atoms with E-state index in [0.717, 1.165) is 6.07 Å². The van der Waals surface area contributed by atoms with Gasteiger partial charge in [-0.05, 0) is 23.3 Å². The summed E-state index contributed by atoms with van der Waals surface area (Å²) in [4.78, 5) is 10.7. The highest BCUT2D eigenvalue weighted by Crippen LogP contribution is 2.28. The zero-order valence-electron chi connectivity index (χ0n) is 9.68. The summed E-state index contributed by atoms with van der Waals surface area (Å²) in [6.07, 6.45) is -1.89. The second kappa shape index (κ2) is 5.16. The molecule has 0 spiro atoms. The molecule has 0 aliphatic rings. The molecule has 1 unspecified atom stereocenters. The molecule has 0 amide bonds. The molecular weight excluding hydrogens is 254 g/mol. The summed E-state index contributed by atoms with van der Waals surface area (Å²) in [6, 6.07) is 9.95. The van der Waals surface area contributed by atoms with Crippen molar-refractivity contribution in [1.29, 1.82) is 0 Å². The van der Waals surface area contributed by atoms with Crippen LogP contribution in [0.1, 0.15) is 11.7 Å². The number of rotatable bonds is 3. The Labute approximate surface area is 107 Å². The summed E-state index contributed by atoms with van der Waals surface area (Å²) in [5, 5.41) is 18.1. The van der Waals surface area contributed by atoms with E-state index < -0.39 is 23.7 Å². The first-order chi connectivity index (χ1) is 9.00. The number of carboxylic acid groups (broad SMARTS) is 1. The Morgan fingerprint density at radius 2 is 1.74 bits per heavy atom. The molecule has 0 heterocycles. The maximum atomic E-state index is 13.7. The van der Waals surface area contributed by atoms with Crippen molar-refractivity contribution in [2.75, 3.05) is 0 Å². The summed E-state index contributed by atoms with van der Waals surface area (Å²) in [7, 11) is 0. The number of halogens is 2. The SMILES string of the molecule is O=C(O)C(O)c1cc(F)c(F)c(-c2ccccc2)c1. The second-order valence-electron chi connectivity index (χ2n) is 3.97. The minimum absolute atomic E-state index is 0.0871. The summed E-state index contributed by atoms with van der Waals surface area (Å²) >= 11 is 0. The van der Waals surface area contributed by atoms with Crippen LogP contribution in [0, 0.1) is 11.6 Å². The third-order valence-electron chi connectivity index (χ3n) is 2.68. The van der Waals surface area contributed by atoms with Gasteiger partial charge in [-0.25, -0.2) is 13.6 Å². The van der Waals surface area contributed by atoms with Gasteiger partial charge in [0.15, 0.2) is 17.7 Å². The summed E-state index contributed by atoms with van der Waals surface area (Å²) < 4.78 is 27.2. The first-order valence-electron chi connectivity index (χ1n) is 5.46. The summed E-state index contributed by atoms with van der Waals surface area (Å²) in [6.45, 7) is 0. The van der Waals surface area contributed by atoms with Crippen LogP contribution in [-0.4, -0.2) is 16.2 Å². The van der Waals surface area contributed by atoms with Crippen LogP contribution in [0.5, 0.6) is 0 Å². The van der Waals surface area contributed by atoms with Crippen LogP contribution in [0.2, 0.25) is 0 Å². The highest BCUT2D eigenvalue weighted by molar-refractivity contribution is 5.75. The first kappa shape index (κ1) is 13.2. The smallest absolute Gasteiger partial charge is 0.337 e. The van der Waals surface area contributed by atoms with Crippen molar-refractivity contribution in [2.45, 2.75) is 6.10 Å². The topological polar surface area (TPSA) is 57.5 Å². The Bertz CT molecular complexity index is 612. The van der Waals surface area contributed by atoms with Gasteiger partial charge in [0.2, 0.25) is 0 Å². The minimum Gasteiger partial charge on any atom is -0.479 e. The average molecular weight is 264 g/mol. The lowest BCUT2D eigenvalue weighted by molar-refractivity contribution is -0.146. The van der Waals surface area contributed by atoms with Gasteiger partial charge in [-0.3, -0.25) is 0 Å². The van der Waals surface area contributed by atoms with Crippen molar-refractivity contribution in [3.05, 3.63) is 59.7 Å². The molecule has 2 aromatic rings. The van der Waals surface area contributed by atoms with E-state index in [-0.39, 0.29) is 11.1 Å². The summed E-state index contributed by atoms with van der Waals surface area (Å²) in [5.74, 6) is -3.80. The number of aliphatic hydroxyl groups excluding tert-OH is 1. The lowest BCUT2D eigenvalue weighted by Crippen LogP contribution is -2.11. The van der Waals surface area contributed by atoms with Gasteiger partial charge in [-0.1, -0.05) is 30.3 Å². The van der Waals surface area contributed by atoms with Crippen molar-refractivity contribution < 1.29 is 23.8 Å². The Morgan fingerprint density at radius 3 is 2.32 bits per heavy atom. The van der Waals surface area contributed by atoms with Crippen LogP contribution >= 0.6 is 0 Å². The van der Waals surface area contributed by atoms with Crippen LogP contribution < -0.4 is 0 Å². The average Bonchev–Trinajstić information content (AvgIpc) is 2.41. The highest BCUT2D eigenvalue weighted by atomic mass is 19.2. The Hall–Kier alpha value is -2.27. The molecule has 0 bridgehead atoms. The fourth-order valence-corrected chi connectivity index (χ4v) is 1.74. The molecule has 3 nitrogen and oxygen atoms in total. The van der Waals surface area contributed by atoms with Crippen LogP contribution in [-0.2, 0) is 4.79 Å². The molecule has 2 N–H and O–H groups in total. The minimum atomic E-state index is -1.89. The first-order valence-corrected chi connectivity index (χ1v) is 5.46. The molecule has 2 rings (SSSR count). The monoisotopic (exact) mass is 264 g/mol. The molecule has 0 aliphatic carbocycles. The number of carboxylic acids is 1. The zero-order chi connectivity index (χ0) is 14.0. The molecule has 0 radical (unpaired) electrons. The maximum absolute atomic E-state index is 13.7. The van der Waals surface area contributed by atoms with E-state index in [9.17, 15) is 18.7 Å². The van der Waals surface area contributed by atoms with Crippen molar-refractivity contribution in [3.8, 4) is 11.1 Å². The molecule has 0 fully saturated rings. The predicted molar refractivity (Wildman–Crippen MR) is 64.4 cm³/mol. The molecule has 98 valence electrons. The van der Waals surface area contributed by atoms with Gasteiger partial charge in [0, 0.05) is 5.56 Å². The van der Waals surface area contributed by atoms with Crippen molar-refractivity contribution in [2.24, 2.45) is 0 Å². The normalized spacial score (nSPS) is 12.2. The fraction of sp³-hybridized carbons (Fsp3) is 0.0714. The quantitative estimate of drug-likeness (QED) is 0.896. The lowest BCUT2D eigenvalue weighted by Gasteiger charge is -2.10. The Balaban J connectivity index is 2.58. The van der Waals surface area contributed by atoms with E-state index >= 15 is 0 Å². The van der Waals surface area contributed by atoms with E-state index in [1.165, 1.54) is 0 Å². The predicted octanol–water partition coefficient (Wildman–Crippen LogP) is 2.75. The molecular formula is C14H10F2O3. The van der Waals surface area contributed by atoms with E-state index in [1.54, 1.807) is 30.3 Å². The standard InChI is InChI=1S/C14H10F2O3/c15-11-7-9(13(17)14(18)19)6-10(12(11)16)8-4-2-1-3-5-8/h1-7,13,17H,(H,18,19). The van der Waals surface area contributed by atoms with Crippen molar-refractivity contribution in [3.63, 3.8) is 0 Å². The van der Waals surface area contributed by atoms with Crippen LogP contribution in [0.3, 0.4) is 0 Å². The molecule has 5 heteroatoms. The van der Waals surface area contributed by atoms with Gasteiger partial charge in [-0.2, -0.15) is 0 Å². The summed E-state index contributed by atoms with van der Waals surface area (Å²) in [5.41, 5.74) is 0.111. The molecule has 0 aromatic heterocycles. The third kappa shape index (κ3) is 2.61. The van der Waals surface area contributed by atoms with Crippen molar-refractivity contribution >= 4 is 5.97 Å². The van der Waals surface area contributed by atoms with Gasteiger partial charge in [0.25, 0.3) is 0 Å². The number of carbonyl (C=O) groups is 1. The number of aliphatic hydroxyl groups is 1. The van der Waals surface area contributed by atoms with E-state index in [2.05, 4.69) is 0 Å². The van der Waals surface area contributed by atoms with Gasteiger partial charge < -0.3 is 10.2 Å². The van der Waals surface area contributed by atoms with E-state index in [1.807, 2.05) is 0 Å². The van der Waals surface area contributed by atoms with Gasteiger partial charge in [0.1, 0.15) is 0 Å². The fourth-order valence-electron chi connectivity index (χ4n) is 1.74. The van der Waals surface area contributed by atoms with Crippen LogP contribution in [0.4, 0.5) is 8.78 Å². The van der Waals surface area contributed by atoms with Gasteiger partial charge in [-0.15, -0.1) is 0 Å². The van der Waals surface area contributed by atoms with E-state index in [4.69, 9.17) is 5.11 Å². The van der Waals surface area contributed by atoms with Crippen LogP contribution in [0.15, 0.2) is 42.5 Å². The lowest BCUT2D eigenvalue weighted by atomic mass is 9.99. The third-order valence-corrected chi connectivity index (χ3v) is 2.68. The van der Waals surface area contributed by atoms with E-state index in [0.29, 0.717) is 11.6 Å². The number of benzene rings is 2. The molecule has 19 heavy (non-hydrogen) atoms. The molecule has 0 saturated heterocycles. The van der Waals surface area contributed by atoms with Crippen molar-refractivity contribution in [1.82, 2.24) is 0 Å². The van der Waals surface area contributed by atoms with Gasteiger partial charge >= 0.3 is 5.97 Å². The molecule has 0 saturated carbocycles. The molecule has 1 atom stereocenters. The molecule has 2 aromatic carbocycles. The van der Waals surface area contributed by atoms with Gasteiger partial charge in [0.05, 0.1) is 0 Å². The van der Waals surface area contributed by atoms with Crippen LogP contribution in [0.25, 0.3) is 11.1 Å². The highest BCUT2D eigenvalue weighted by Gasteiger charge is 2.20. The number of hydrogen-bond acceptors (Lipinski definition) is 2. The zero-order valence-corrected chi connectivity index (χ0v) is 9.68. The second-order valence-corrected chi connectivity index (χ2v) is 3.97. The number of hydrogen-bond donors (Lipinski definition) is 2. The number of aliphatic carboxylic acids is 1. The maximum Gasteiger partial charge on any atom is 0.337 e. The largest absolute Gasteiger partial charge is 0.479 e. The Morgan fingerprint density at radius 1 is 1.11 bits per heavy atom. The Kier molecular flexibility index (Phi) is 3.57.